The van der Waals surface area contributed by atoms with E-state index >= 15 is 0 Å². The van der Waals surface area contributed by atoms with E-state index in [1.54, 1.807) is 12.1 Å². The van der Waals surface area contributed by atoms with E-state index in [1.165, 1.54) is 18.2 Å². The van der Waals surface area contributed by atoms with E-state index in [9.17, 15) is 14.0 Å². The highest BCUT2D eigenvalue weighted by Gasteiger charge is 2.21. The third-order valence-electron chi connectivity index (χ3n) is 4.56. The van der Waals surface area contributed by atoms with Crippen molar-refractivity contribution in [1.82, 2.24) is 5.32 Å². The van der Waals surface area contributed by atoms with Crippen LogP contribution in [-0.2, 0) is 14.3 Å². The second kappa shape index (κ2) is 9.91. The summed E-state index contributed by atoms with van der Waals surface area (Å²) in [6.45, 7) is 4.50. The van der Waals surface area contributed by atoms with Gasteiger partial charge in [-0.15, -0.1) is 0 Å². The van der Waals surface area contributed by atoms with Crippen LogP contribution in [0, 0.1) is 11.7 Å². The molecule has 0 spiro atoms. The molecule has 1 aliphatic rings. The number of nitrogens with one attached hydrogen (secondary N) is 1. The third kappa shape index (κ3) is 5.59. The fourth-order valence-electron chi connectivity index (χ4n) is 3.06. The Morgan fingerprint density at radius 1 is 1.13 bits per heavy atom. The second-order valence-corrected chi connectivity index (χ2v) is 7.15. The van der Waals surface area contributed by atoms with Crippen molar-refractivity contribution in [1.29, 1.82) is 0 Å². The molecule has 6 nitrogen and oxygen atoms in total. The van der Waals surface area contributed by atoms with Crippen molar-refractivity contribution in [3.8, 4) is 11.5 Å². The van der Waals surface area contributed by atoms with Crippen molar-refractivity contribution in [2.75, 3.05) is 19.8 Å². The van der Waals surface area contributed by atoms with Gasteiger partial charge in [0.05, 0.1) is 6.04 Å². The monoisotopic (exact) mass is 413 g/mol. The number of halogens is 1. The highest BCUT2D eigenvalue weighted by molar-refractivity contribution is 5.89. The van der Waals surface area contributed by atoms with Crippen molar-refractivity contribution in [3.63, 3.8) is 0 Å². The first-order chi connectivity index (χ1) is 14.4. The summed E-state index contributed by atoms with van der Waals surface area (Å²) >= 11 is 0. The number of benzene rings is 2. The maximum Gasteiger partial charge on any atom is 0.331 e. The van der Waals surface area contributed by atoms with Gasteiger partial charge in [-0.25, -0.2) is 9.18 Å². The van der Waals surface area contributed by atoms with Crippen molar-refractivity contribution < 1.29 is 28.2 Å². The van der Waals surface area contributed by atoms with Gasteiger partial charge >= 0.3 is 5.97 Å². The molecular weight excluding hydrogens is 389 g/mol. The van der Waals surface area contributed by atoms with Gasteiger partial charge < -0.3 is 19.5 Å². The summed E-state index contributed by atoms with van der Waals surface area (Å²) in [4.78, 5) is 24.2. The zero-order valence-electron chi connectivity index (χ0n) is 16.9. The first kappa shape index (κ1) is 21.4. The molecule has 30 heavy (non-hydrogen) atoms. The van der Waals surface area contributed by atoms with Crippen LogP contribution < -0.4 is 14.8 Å². The van der Waals surface area contributed by atoms with Crippen LogP contribution in [0.2, 0.25) is 0 Å². The van der Waals surface area contributed by atoms with Crippen LogP contribution in [0.3, 0.4) is 0 Å². The normalized spacial score (nSPS) is 13.9. The molecule has 0 unspecified atom stereocenters. The molecule has 1 aliphatic heterocycles. The Hall–Kier alpha value is -3.35. The van der Waals surface area contributed by atoms with Crippen LogP contribution in [0.1, 0.15) is 31.0 Å². The van der Waals surface area contributed by atoms with Crippen molar-refractivity contribution >= 4 is 18.0 Å². The van der Waals surface area contributed by atoms with Gasteiger partial charge in [0.25, 0.3) is 5.91 Å². The Kier molecular flexibility index (Phi) is 7.06. The van der Waals surface area contributed by atoms with E-state index in [2.05, 4.69) is 5.32 Å². The van der Waals surface area contributed by atoms with Gasteiger partial charge in [-0.05, 0) is 35.8 Å². The maximum absolute atomic E-state index is 13.6. The number of fused-ring (bicyclic) bond motifs is 1. The highest BCUT2D eigenvalue weighted by Crippen LogP contribution is 2.34. The average Bonchev–Trinajstić information content (AvgIpc) is 2.75. The first-order valence-electron chi connectivity index (χ1n) is 9.72. The second-order valence-electron chi connectivity index (χ2n) is 7.15. The van der Waals surface area contributed by atoms with Crippen LogP contribution in [0.15, 0.2) is 48.5 Å². The van der Waals surface area contributed by atoms with E-state index in [0.717, 1.165) is 11.6 Å². The van der Waals surface area contributed by atoms with Gasteiger partial charge in [0.2, 0.25) is 0 Å². The number of esters is 1. The lowest BCUT2D eigenvalue weighted by molar-refractivity contribution is -0.144. The zero-order valence-corrected chi connectivity index (χ0v) is 16.9. The minimum Gasteiger partial charge on any atom is -0.486 e. The summed E-state index contributed by atoms with van der Waals surface area (Å²) in [5.74, 6) is -0.200. The van der Waals surface area contributed by atoms with Crippen molar-refractivity contribution in [2.24, 2.45) is 5.92 Å². The van der Waals surface area contributed by atoms with Crippen molar-refractivity contribution in [2.45, 2.75) is 19.9 Å². The summed E-state index contributed by atoms with van der Waals surface area (Å²) in [6, 6.07) is 11.3. The Labute approximate surface area is 174 Å². The van der Waals surface area contributed by atoms with Gasteiger partial charge in [-0.3, -0.25) is 4.79 Å². The Balaban J connectivity index is 1.57. The molecule has 0 aliphatic carbocycles. The summed E-state index contributed by atoms with van der Waals surface area (Å²) in [7, 11) is 0. The van der Waals surface area contributed by atoms with E-state index in [4.69, 9.17) is 14.2 Å². The molecule has 2 aromatic carbocycles. The topological polar surface area (TPSA) is 73.9 Å². The predicted octanol–water partition coefficient (Wildman–Crippen LogP) is 3.67. The van der Waals surface area contributed by atoms with E-state index in [1.807, 2.05) is 32.0 Å². The van der Waals surface area contributed by atoms with Gasteiger partial charge in [-0.2, -0.15) is 0 Å². The van der Waals surface area contributed by atoms with Crippen LogP contribution in [0.25, 0.3) is 6.08 Å². The van der Waals surface area contributed by atoms with E-state index < -0.39 is 24.3 Å². The molecule has 1 atom stereocenters. The Morgan fingerprint density at radius 3 is 2.60 bits per heavy atom. The minimum atomic E-state index is -0.728. The van der Waals surface area contributed by atoms with Crippen LogP contribution in [0.4, 0.5) is 4.39 Å². The maximum atomic E-state index is 13.6. The van der Waals surface area contributed by atoms with Gasteiger partial charge in [0.1, 0.15) is 19.0 Å². The number of carbonyl (C=O) groups excluding carboxylic acids is 2. The van der Waals surface area contributed by atoms with Crippen LogP contribution >= 0.6 is 0 Å². The van der Waals surface area contributed by atoms with Crippen LogP contribution in [0.5, 0.6) is 11.5 Å². The summed E-state index contributed by atoms with van der Waals surface area (Å²) < 4.78 is 29.7. The molecule has 2 aromatic rings. The Morgan fingerprint density at radius 2 is 1.87 bits per heavy atom. The van der Waals surface area contributed by atoms with Gasteiger partial charge in [0.15, 0.2) is 18.1 Å². The molecule has 3 rings (SSSR count). The number of rotatable bonds is 7. The summed E-state index contributed by atoms with van der Waals surface area (Å²) in [5, 5.41) is 2.88. The SMILES string of the molecule is CC(C)[C@H](NC(=O)COC(=O)/C=C/c1ccccc1F)c1ccc2c(c1)OCCO2. The van der Waals surface area contributed by atoms with E-state index in [-0.39, 0.29) is 17.5 Å². The fraction of sp³-hybridized carbons (Fsp3) is 0.304. The van der Waals surface area contributed by atoms with E-state index in [0.29, 0.717) is 24.7 Å². The molecule has 1 amide bonds. The predicted molar refractivity (Wildman–Crippen MR) is 110 cm³/mol. The number of hydrogen-bond donors (Lipinski definition) is 1. The molecule has 1 heterocycles. The number of amides is 1. The quantitative estimate of drug-likeness (QED) is 0.554. The summed E-state index contributed by atoms with van der Waals surface area (Å²) in [6.07, 6.45) is 2.40. The molecule has 0 bridgehead atoms. The average molecular weight is 413 g/mol. The number of ether oxygens (including phenoxy) is 3. The molecule has 0 saturated heterocycles. The lowest BCUT2D eigenvalue weighted by Crippen LogP contribution is -2.35. The van der Waals surface area contributed by atoms with Gasteiger partial charge in [-0.1, -0.05) is 38.1 Å². The third-order valence-corrected chi connectivity index (χ3v) is 4.56. The molecule has 0 fully saturated rings. The smallest absolute Gasteiger partial charge is 0.331 e. The zero-order chi connectivity index (χ0) is 21.5. The highest BCUT2D eigenvalue weighted by atomic mass is 19.1. The molecule has 0 saturated carbocycles. The standard InChI is InChI=1S/C23H24FNO5/c1-15(2)23(17-7-9-19-20(13-17)29-12-11-28-19)25-21(26)14-30-22(27)10-8-16-5-3-4-6-18(16)24/h3-10,13,15,23H,11-12,14H2,1-2H3,(H,25,26)/b10-8+/t23-/m0/s1. The fourth-order valence-corrected chi connectivity index (χ4v) is 3.06. The molecule has 0 radical (unpaired) electrons. The summed E-state index contributed by atoms with van der Waals surface area (Å²) in [5.41, 5.74) is 1.13. The molecule has 1 N–H and O–H groups in total. The van der Waals surface area contributed by atoms with Crippen LogP contribution in [-0.4, -0.2) is 31.7 Å². The molecule has 158 valence electrons. The largest absolute Gasteiger partial charge is 0.486 e. The lowest BCUT2D eigenvalue weighted by atomic mass is 9.95. The molecular formula is C23H24FNO5. The molecule has 0 aromatic heterocycles. The van der Waals surface area contributed by atoms with Crippen molar-refractivity contribution in [3.05, 3.63) is 65.5 Å². The Bertz CT molecular complexity index is 941. The number of carbonyl (C=O) groups is 2. The first-order valence-corrected chi connectivity index (χ1v) is 9.72. The van der Waals surface area contributed by atoms with Gasteiger partial charge in [0, 0.05) is 11.6 Å². The lowest BCUT2D eigenvalue weighted by Gasteiger charge is -2.25. The molecule has 7 heteroatoms. The number of hydrogen-bond acceptors (Lipinski definition) is 5. The minimum absolute atomic E-state index is 0.0909.